The topological polar surface area (TPSA) is 46.3 Å². The van der Waals surface area contributed by atoms with Crippen LogP contribution in [0.2, 0.25) is 0 Å². The predicted octanol–water partition coefficient (Wildman–Crippen LogP) is 5.93. The molecule has 0 saturated heterocycles. The van der Waals surface area contributed by atoms with Gasteiger partial charge in [-0.2, -0.15) is 0 Å². The van der Waals surface area contributed by atoms with E-state index in [1.54, 1.807) is 17.7 Å². The number of hydrogen-bond acceptors (Lipinski definition) is 3. The van der Waals surface area contributed by atoms with E-state index in [0.29, 0.717) is 5.58 Å². The van der Waals surface area contributed by atoms with Crippen LogP contribution in [0.15, 0.2) is 28.2 Å². The van der Waals surface area contributed by atoms with Gasteiger partial charge in [-0.15, -0.1) is 0 Å². The van der Waals surface area contributed by atoms with E-state index < -0.39 is 0 Å². The van der Waals surface area contributed by atoms with E-state index in [1.807, 2.05) is 6.07 Å². The first-order chi connectivity index (χ1) is 12.2. The Morgan fingerprint density at radius 3 is 2.52 bits per heavy atom. The maximum atomic E-state index is 9.73. The Morgan fingerprint density at radius 1 is 1.12 bits per heavy atom. The number of nitrogens with zero attached hydrogens (tertiary/aromatic N) is 1. The molecule has 4 aliphatic rings. The summed E-state index contributed by atoms with van der Waals surface area (Å²) in [5.41, 5.74) is 4.64. The number of phenolic OH excluding ortho intramolecular Hbond substituents is 1. The van der Waals surface area contributed by atoms with Crippen LogP contribution in [-0.4, -0.2) is 10.1 Å². The molecule has 4 bridgehead atoms. The van der Waals surface area contributed by atoms with Crippen molar-refractivity contribution in [3.8, 4) is 5.75 Å². The molecule has 0 amide bonds. The van der Waals surface area contributed by atoms with E-state index in [4.69, 9.17) is 9.40 Å². The summed E-state index contributed by atoms with van der Waals surface area (Å²) in [6.07, 6.45) is 10.5. The standard InChI is InChI=1S/C22H27NO2/c1-2-3-4-18(22-23-19-6-5-17(24)12-20(19)25-22)21-15-8-13-7-14(10-15)11-16(21)9-13/h5-6,12-16,24H,2-4,7-11H2,1H3. The molecule has 1 heterocycles. The number of allylic oxidation sites excluding steroid dienone is 2. The third-order valence-electron chi connectivity index (χ3n) is 6.78. The van der Waals surface area contributed by atoms with Crippen molar-refractivity contribution in [1.82, 2.24) is 4.98 Å². The van der Waals surface area contributed by atoms with Gasteiger partial charge in [-0.3, -0.25) is 0 Å². The highest BCUT2D eigenvalue weighted by Crippen LogP contribution is 2.58. The fraction of sp³-hybridized carbons (Fsp3) is 0.591. The number of rotatable bonds is 4. The Balaban J connectivity index is 1.61. The summed E-state index contributed by atoms with van der Waals surface area (Å²) in [7, 11) is 0. The van der Waals surface area contributed by atoms with Crippen LogP contribution in [0.5, 0.6) is 5.75 Å². The Kier molecular flexibility index (Phi) is 3.65. The Labute approximate surface area is 149 Å². The van der Waals surface area contributed by atoms with Crippen molar-refractivity contribution in [3.63, 3.8) is 0 Å². The molecule has 0 spiro atoms. The lowest BCUT2D eigenvalue weighted by molar-refractivity contribution is 0.0700. The van der Waals surface area contributed by atoms with Gasteiger partial charge in [-0.05, 0) is 80.8 Å². The highest BCUT2D eigenvalue weighted by Gasteiger charge is 2.46. The van der Waals surface area contributed by atoms with E-state index in [0.717, 1.165) is 41.5 Å². The largest absolute Gasteiger partial charge is 0.508 e. The lowest BCUT2D eigenvalue weighted by Crippen LogP contribution is -2.40. The molecule has 132 valence electrons. The number of aromatic nitrogens is 1. The maximum Gasteiger partial charge on any atom is 0.223 e. The fourth-order valence-electron chi connectivity index (χ4n) is 5.96. The summed E-state index contributed by atoms with van der Waals surface area (Å²) in [5, 5.41) is 9.73. The first kappa shape index (κ1) is 15.5. The number of fused-ring (bicyclic) bond motifs is 1. The average molecular weight is 337 g/mol. The van der Waals surface area contributed by atoms with Gasteiger partial charge in [-0.25, -0.2) is 4.98 Å². The van der Waals surface area contributed by atoms with E-state index >= 15 is 0 Å². The number of aromatic hydroxyl groups is 1. The minimum absolute atomic E-state index is 0.243. The summed E-state index contributed by atoms with van der Waals surface area (Å²) in [5.74, 6) is 4.54. The molecule has 1 aromatic carbocycles. The zero-order valence-electron chi connectivity index (χ0n) is 15.0. The summed E-state index contributed by atoms with van der Waals surface area (Å²) in [4.78, 5) is 4.80. The molecule has 1 N–H and O–H groups in total. The number of hydrogen-bond donors (Lipinski definition) is 1. The molecule has 0 aliphatic heterocycles. The Hall–Kier alpha value is -1.77. The van der Waals surface area contributed by atoms with E-state index in [2.05, 4.69) is 6.92 Å². The van der Waals surface area contributed by atoms with E-state index in [-0.39, 0.29) is 5.75 Å². The van der Waals surface area contributed by atoms with Crippen molar-refractivity contribution >= 4 is 16.7 Å². The molecule has 0 unspecified atom stereocenters. The van der Waals surface area contributed by atoms with Crippen LogP contribution < -0.4 is 0 Å². The molecule has 0 atom stereocenters. The van der Waals surface area contributed by atoms with Crippen molar-refractivity contribution in [1.29, 1.82) is 0 Å². The third-order valence-corrected chi connectivity index (χ3v) is 6.78. The molecule has 6 rings (SSSR count). The molecule has 4 fully saturated rings. The highest BCUT2D eigenvalue weighted by molar-refractivity contribution is 5.78. The third kappa shape index (κ3) is 2.59. The summed E-state index contributed by atoms with van der Waals surface area (Å²) in [6, 6.07) is 5.23. The van der Waals surface area contributed by atoms with Crippen LogP contribution in [0.4, 0.5) is 0 Å². The molecule has 1 aromatic heterocycles. The summed E-state index contributed by atoms with van der Waals surface area (Å²) >= 11 is 0. The molecule has 4 aliphatic carbocycles. The Morgan fingerprint density at radius 2 is 1.84 bits per heavy atom. The van der Waals surface area contributed by atoms with Crippen molar-refractivity contribution in [2.24, 2.45) is 23.7 Å². The van der Waals surface area contributed by atoms with Gasteiger partial charge < -0.3 is 9.52 Å². The van der Waals surface area contributed by atoms with E-state index in [9.17, 15) is 5.11 Å². The van der Waals surface area contributed by atoms with Crippen molar-refractivity contribution < 1.29 is 9.52 Å². The smallest absolute Gasteiger partial charge is 0.223 e. The summed E-state index contributed by atoms with van der Waals surface area (Å²) in [6.45, 7) is 2.25. The van der Waals surface area contributed by atoms with Gasteiger partial charge in [0.15, 0.2) is 5.58 Å². The van der Waals surface area contributed by atoms with Crippen LogP contribution in [0.1, 0.15) is 64.2 Å². The number of oxazole rings is 1. The minimum atomic E-state index is 0.243. The van der Waals surface area contributed by atoms with Gasteiger partial charge in [0.1, 0.15) is 11.3 Å². The number of benzene rings is 1. The van der Waals surface area contributed by atoms with Gasteiger partial charge in [0.2, 0.25) is 5.89 Å². The second-order valence-electron chi connectivity index (χ2n) is 8.51. The molecule has 4 saturated carbocycles. The first-order valence-electron chi connectivity index (χ1n) is 10.0. The Bertz CT molecular complexity index is 802. The highest BCUT2D eigenvalue weighted by atomic mass is 16.3. The zero-order chi connectivity index (χ0) is 17.0. The minimum Gasteiger partial charge on any atom is -0.508 e. The molecule has 0 radical (unpaired) electrons. The van der Waals surface area contributed by atoms with Gasteiger partial charge in [0.05, 0.1) is 0 Å². The van der Waals surface area contributed by atoms with Crippen LogP contribution in [0.25, 0.3) is 16.7 Å². The number of phenols is 1. The van der Waals surface area contributed by atoms with Crippen molar-refractivity contribution in [2.45, 2.75) is 58.3 Å². The van der Waals surface area contributed by atoms with Gasteiger partial charge in [0, 0.05) is 11.6 Å². The molecule has 3 heteroatoms. The second-order valence-corrected chi connectivity index (χ2v) is 8.51. The van der Waals surface area contributed by atoms with E-state index in [1.165, 1.54) is 50.5 Å². The summed E-state index contributed by atoms with van der Waals surface area (Å²) < 4.78 is 6.14. The fourth-order valence-corrected chi connectivity index (χ4v) is 5.96. The first-order valence-corrected chi connectivity index (χ1v) is 10.0. The molecule has 2 aromatic rings. The second kappa shape index (κ2) is 5.89. The van der Waals surface area contributed by atoms with Crippen LogP contribution in [0, 0.1) is 23.7 Å². The normalized spacial score (nSPS) is 30.4. The lowest BCUT2D eigenvalue weighted by atomic mass is 9.53. The monoisotopic (exact) mass is 337 g/mol. The molecule has 3 nitrogen and oxygen atoms in total. The quantitative estimate of drug-likeness (QED) is 0.751. The van der Waals surface area contributed by atoms with Crippen LogP contribution >= 0.6 is 0 Å². The predicted molar refractivity (Wildman–Crippen MR) is 99.2 cm³/mol. The maximum absolute atomic E-state index is 9.73. The van der Waals surface area contributed by atoms with Gasteiger partial charge in [-0.1, -0.05) is 18.9 Å². The SMILES string of the molecule is CCCCC(=C1C2CC3CC(C2)CC1C3)c1nc2ccc(O)cc2o1. The van der Waals surface area contributed by atoms with Crippen LogP contribution in [-0.2, 0) is 0 Å². The van der Waals surface area contributed by atoms with Crippen molar-refractivity contribution in [3.05, 3.63) is 29.7 Å². The molecular weight excluding hydrogens is 310 g/mol. The number of unbranched alkanes of at least 4 members (excludes halogenated alkanes) is 1. The van der Waals surface area contributed by atoms with Gasteiger partial charge >= 0.3 is 0 Å². The average Bonchev–Trinajstić information content (AvgIpc) is 2.99. The van der Waals surface area contributed by atoms with Crippen LogP contribution in [0.3, 0.4) is 0 Å². The molecular formula is C22H27NO2. The van der Waals surface area contributed by atoms with Crippen molar-refractivity contribution in [2.75, 3.05) is 0 Å². The lowest BCUT2D eigenvalue weighted by Gasteiger charge is -2.52. The van der Waals surface area contributed by atoms with Gasteiger partial charge in [0.25, 0.3) is 0 Å². The zero-order valence-corrected chi connectivity index (χ0v) is 15.0. The molecule has 25 heavy (non-hydrogen) atoms.